The van der Waals surface area contributed by atoms with Gasteiger partial charge in [-0.25, -0.2) is 4.68 Å². The third-order valence-electron chi connectivity index (χ3n) is 5.39. The Morgan fingerprint density at radius 2 is 2.12 bits per heavy atom. The van der Waals surface area contributed by atoms with E-state index >= 15 is 0 Å². The van der Waals surface area contributed by atoms with Gasteiger partial charge in [0.1, 0.15) is 11.9 Å². The van der Waals surface area contributed by atoms with E-state index in [1.165, 1.54) is 6.42 Å². The molecule has 0 bridgehead atoms. The number of rotatable bonds is 3. The van der Waals surface area contributed by atoms with E-state index in [9.17, 15) is 0 Å². The Balaban J connectivity index is 1.59. The molecule has 1 aromatic heterocycles. The van der Waals surface area contributed by atoms with Crippen LogP contribution in [0, 0.1) is 6.92 Å². The van der Waals surface area contributed by atoms with Crippen LogP contribution in [0.4, 0.5) is 0 Å². The van der Waals surface area contributed by atoms with Gasteiger partial charge in [0.25, 0.3) is 0 Å². The predicted octanol–water partition coefficient (Wildman–Crippen LogP) is 3.69. The lowest BCUT2D eigenvalue weighted by molar-refractivity contribution is -0.0366. The van der Waals surface area contributed by atoms with E-state index < -0.39 is 0 Å². The summed E-state index contributed by atoms with van der Waals surface area (Å²) in [5.74, 6) is 0.964. The normalized spacial score (nSPS) is 28.2. The quantitative estimate of drug-likeness (QED) is 0.933. The summed E-state index contributed by atoms with van der Waals surface area (Å²) >= 11 is 0. The molecule has 2 heterocycles. The molecule has 2 aromatic rings. The fourth-order valence-corrected chi connectivity index (χ4v) is 3.98. The van der Waals surface area contributed by atoms with Crippen molar-refractivity contribution < 1.29 is 9.47 Å². The molecule has 2 aliphatic rings. The van der Waals surface area contributed by atoms with Crippen LogP contribution in [0.3, 0.4) is 0 Å². The average molecular weight is 329 g/mol. The molecule has 1 aromatic carbocycles. The zero-order valence-electron chi connectivity index (χ0n) is 14.4. The molecule has 130 valence electrons. The number of fused-ring (bicyclic) bond motifs is 1. The second-order valence-electron chi connectivity index (χ2n) is 7.20. The van der Waals surface area contributed by atoms with Gasteiger partial charge in [0, 0.05) is 23.6 Å². The van der Waals surface area contributed by atoms with Crippen molar-refractivity contribution >= 4 is 10.9 Å². The van der Waals surface area contributed by atoms with E-state index in [1.807, 2.05) is 10.9 Å². The van der Waals surface area contributed by atoms with Crippen LogP contribution in [-0.4, -0.2) is 28.5 Å². The van der Waals surface area contributed by atoms with E-state index in [1.54, 1.807) is 0 Å². The summed E-state index contributed by atoms with van der Waals surface area (Å²) in [6, 6.07) is 4.48. The lowest BCUT2D eigenvalue weighted by Gasteiger charge is -2.28. The zero-order chi connectivity index (χ0) is 16.5. The van der Waals surface area contributed by atoms with Gasteiger partial charge in [-0.3, -0.25) is 0 Å². The first-order chi connectivity index (χ1) is 11.7. The predicted molar refractivity (Wildman–Crippen MR) is 94.2 cm³/mol. The SMILES string of the molecule is Cc1c(OC2CCCC(N)C2)ccc2c1cnn2C1CCCCO1. The summed E-state index contributed by atoms with van der Waals surface area (Å²) in [5, 5.41) is 5.75. The Bertz CT molecular complexity index is 706. The molecule has 4 rings (SSSR count). The number of aromatic nitrogens is 2. The highest BCUT2D eigenvalue weighted by Crippen LogP contribution is 2.33. The minimum Gasteiger partial charge on any atom is -0.490 e. The number of aryl methyl sites for hydroxylation is 1. The Morgan fingerprint density at radius 3 is 2.92 bits per heavy atom. The van der Waals surface area contributed by atoms with Crippen LogP contribution in [-0.2, 0) is 4.74 Å². The third-order valence-corrected chi connectivity index (χ3v) is 5.39. The van der Waals surface area contributed by atoms with Crippen LogP contribution in [0.25, 0.3) is 10.9 Å². The molecule has 1 aliphatic heterocycles. The minimum atomic E-state index is 0.0683. The van der Waals surface area contributed by atoms with Gasteiger partial charge in [0.15, 0.2) is 6.23 Å². The summed E-state index contributed by atoms with van der Waals surface area (Å²) in [6.07, 6.45) is 9.96. The number of benzene rings is 1. The molecule has 2 fully saturated rings. The van der Waals surface area contributed by atoms with E-state index in [4.69, 9.17) is 15.2 Å². The first-order valence-electron chi connectivity index (χ1n) is 9.23. The molecule has 0 spiro atoms. The summed E-state index contributed by atoms with van der Waals surface area (Å²) in [7, 11) is 0. The number of nitrogens with zero attached hydrogens (tertiary/aromatic N) is 2. The third kappa shape index (κ3) is 3.03. The van der Waals surface area contributed by atoms with Crippen LogP contribution in [0.2, 0.25) is 0 Å². The van der Waals surface area contributed by atoms with Crippen LogP contribution in [0.5, 0.6) is 5.75 Å². The summed E-state index contributed by atoms with van der Waals surface area (Å²) in [5.41, 5.74) is 8.38. The lowest BCUT2D eigenvalue weighted by Crippen LogP contribution is -2.33. The van der Waals surface area contributed by atoms with Crippen molar-refractivity contribution in [1.29, 1.82) is 0 Å². The first-order valence-corrected chi connectivity index (χ1v) is 9.23. The van der Waals surface area contributed by atoms with Crippen LogP contribution < -0.4 is 10.5 Å². The molecule has 0 radical (unpaired) electrons. The van der Waals surface area contributed by atoms with Gasteiger partial charge in [-0.2, -0.15) is 5.10 Å². The minimum absolute atomic E-state index is 0.0683. The Morgan fingerprint density at radius 1 is 1.21 bits per heavy atom. The van der Waals surface area contributed by atoms with Crippen molar-refractivity contribution in [1.82, 2.24) is 9.78 Å². The second-order valence-corrected chi connectivity index (χ2v) is 7.20. The van der Waals surface area contributed by atoms with E-state index in [0.29, 0.717) is 0 Å². The van der Waals surface area contributed by atoms with E-state index in [0.717, 1.165) is 67.3 Å². The summed E-state index contributed by atoms with van der Waals surface area (Å²) < 4.78 is 14.2. The number of nitrogens with two attached hydrogens (primary N) is 1. The molecule has 2 N–H and O–H groups in total. The average Bonchev–Trinajstić information content (AvgIpc) is 3.03. The van der Waals surface area contributed by atoms with Gasteiger partial charge in [-0.05, 0) is 64.0 Å². The smallest absolute Gasteiger partial charge is 0.150 e. The summed E-state index contributed by atoms with van der Waals surface area (Å²) in [6.45, 7) is 2.95. The van der Waals surface area contributed by atoms with Crippen LogP contribution in [0.1, 0.15) is 56.7 Å². The molecule has 0 amide bonds. The molecule has 5 heteroatoms. The van der Waals surface area contributed by atoms with E-state index in [2.05, 4.69) is 24.2 Å². The Hall–Kier alpha value is -1.59. The largest absolute Gasteiger partial charge is 0.490 e. The molecular weight excluding hydrogens is 302 g/mol. The molecule has 3 unspecified atom stereocenters. The maximum atomic E-state index is 6.27. The molecule has 1 saturated carbocycles. The molecular formula is C19H27N3O2. The van der Waals surface area contributed by atoms with Crippen molar-refractivity contribution in [3.63, 3.8) is 0 Å². The standard InChI is InChI=1S/C19H27N3O2/c1-13-16-12-21-22(19-7-2-3-10-23-19)17(16)8-9-18(13)24-15-6-4-5-14(20)11-15/h8-9,12,14-15,19H,2-7,10-11,20H2,1H3. The monoisotopic (exact) mass is 329 g/mol. The zero-order valence-corrected chi connectivity index (χ0v) is 14.4. The maximum Gasteiger partial charge on any atom is 0.150 e. The van der Waals surface area contributed by atoms with Crippen molar-refractivity contribution in [3.05, 3.63) is 23.9 Å². The maximum absolute atomic E-state index is 6.27. The molecule has 1 saturated heterocycles. The van der Waals surface area contributed by atoms with Gasteiger partial charge in [0.05, 0.1) is 11.7 Å². The Labute approximate surface area is 143 Å². The molecule has 5 nitrogen and oxygen atoms in total. The highest BCUT2D eigenvalue weighted by molar-refractivity contribution is 5.84. The van der Waals surface area contributed by atoms with Crippen LogP contribution in [0.15, 0.2) is 18.3 Å². The van der Waals surface area contributed by atoms with Gasteiger partial charge in [-0.15, -0.1) is 0 Å². The number of ether oxygens (including phenoxy) is 2. The van der Waals surface area contributed by atoms with Gasteiger partial charge >= 0.3 is 0 Å². The second kappa shape index (κ2) is 6.73. The lowest BCUT2D eigenvalue weighted by atomic mass is 9.93. The first kappa shape index (κ1) is 15.9. The van der Waals surface area contributed by atoms with Crippen molar-refractivity contribution in [2.24, 2.45) is 5.73 Å². The topological polar surface area (TPSA) is 62.3 Å². The van der Waals surface area contributed by atoms with Gasteiger partial charge in [-0.1, -0.05) is 0 Å². The van der Waals surface area contributed by atoms with Crippen LogP contribution >= 0.6 is 0 Å². The van der Waals surface area contributed by atoms with Crippen molar-refractivity contribution in [2.45, 2.75) is 70.2 Å². The van der Waals surface area contributed by atoms with Gasteiger partial charge in [0.2, 0.25) is 0 Å². The highest BCUT2D eigenvalue weighted by atomic mass is 16.5. The Kier molecular flexibility index (Phi) is 4.46. The fourth-order valence-electron chi connectivity index (χ4n) is 3.98. The van der Waals surface area contributed by atoms with Gasteiger partial charge < -0.3 is 15.2 Å². The fraction of sp³-hybridized carbons (Fsp3) is 0.632. The number of hydrogen-bond acceptors (Lipinski definition) is 4. The molecule has 3 atom stereocenters. The summed E-state index contributed by atoms with van der Waals surface area (Å²) in [4.78, 5) is 0. The van der Waals surface area contributed by atoms with E-state index in [-0.39, 0.29) is 18.4 Å². The number of hydrogen-bond donors (Lipinski definition) is 1. The molecule has 1 aliphatic carbocycles. The van der Waals surface area contributed by atoms with Crippen molar-refractivity contribution in [2.75, 3.05) is 6.61 Å². The highest BCUT2D eigenvalue weighted by Gasteiger charge is 2.23. The molecule has 24 heavy (non-hydrogen) atoms. The van der Waals surface area contributed by atoms with Crippen molar-refractivity contribution in [3.8, 4) is 5.75 Å².